The molecule has 1 aromatic rings. The zero-order chi connectivity index (χ0) is 12.5. The van der Waals surface area contributed by atoms with Gasteiger partial charge in [0.05, 0.1) is 12.7 Å². The molecule has 1 aromatic carbocycles. The van der Waals surface area contributed by atoms with Crippen LogP contribution in [0.1, 0.15) is 12.5 Å². The number of phenols is 1. The topological polar surface area (TPSA) is 70.3 Å². The van der Waals surface area contributed by atoms with Crippen molar-refractivity contribution in [2.24, 2.45) is 5.41 Å². The van der Waals surface area contributed by atoms with Gasteiger partial charge in [0.1, 0.15) is 5.75 Å². The summed E-state index contributed by atoms with van der Waals surface area (Å²) in [5.41, 5.74) is -0.00183. The Morgan fingerprint density at radius 3 is 2.94 bits per heavy atom. The molecule has 1 aliphatic carbocycles. The van der Waals surface area contributed by atoms with Gasteiger partial charge in [-0.1, -0.05) is 12.1 Å². The molecule has 0 unspecified atom stereocenters. The third kappa shape index (κ3) is 1.76. The number of esters is 1. The molecule has 17 heavy (non-hydrogen) atoms. The lowest BCUT2D eigenvalue weighted by Crippen LogP contribution is -2.20. The number of nitriles is 1. The van der Waals surface area contributed by atoms with Crippen molar-refractivity contribution in [2.45, 2.75) is 6.92 Å². The van der Waals surface area contributed by atoms with Crippen LogP contribution in [-0.2, 0) is 9.53 Å². The fourth-order valence-electron chi connectivity index (χ4n) is 1.72. The molecule has 1 aliphatic rings. The van der Waals surface area contributed by atoms with Crippen LogP contribution < -0.4 is 0 Å². The highest BCUT2D eigenvalue weighted by atomic mass is 16.5. The number of rotatable bonds is 3. The number of benzene rings is 1. The number of carbonyl (C=O) groups excluding carboxylic acids is 1. The molecule has 0 aromatic heterocycles. The number of hydrogen-bond acceptors (Lipinski definition) is 4. The van der Waals surface area contributed by atoms with E-state index in [9.17, 15) is 9.90 Å². The highest BCUT2D eigenvalue weighted by Gasteiger charge is 2.53. The predicted octanol–water partition coefficient (Wildman–Crippen LogP) is 1.86. The number of nitrogens with zero attached hydrogens (tertiary/aromatic N) is 1. The molecule has 2 rings (SSSR count). The van der Waals surface area contributed by atoms with Gasteiger partial charge in [-0.15, -0.1) is 0 Å². The molecular weight excluding hydrogens is 218 g/mol. The fraction of sp³-hybridized carbons (Fsp3) is 0.231. The second-order valence-electron chi connectivity index (χ2n) is 3.75. The highest BCUT2D eigenvalue weighted by Crippen LogP contribution is 2.51. The Hall–Kier alpha value is -2.28. The van der Waals surface area contributed by atoms with Crippen molar-refractivity contribution in [3.05, 3.63) is 35.9 Å². The molecule has 0 spiro atoms. The average molecular weight is 229 g/mol. The van der Waals surface area contributed by atoms with Crippen molar-refractivity contribution in [3.63, 3.8) is 0 Å². The molecule has 0 bridgehead atoms. The summed E-state index contributed by atoms with van der Waals surface area (Å²) in [4.78, 5) is 11.7. The van der Waals surface area contributed by atoms with Crippen LogP contribution in [0.4, 0.5) is 0 Å². The summed E-state index contributed by atoms with van der Waals surface area (Å²) in [5.74, 6) is -0.452. The average Bonchev–Trinajstić information content (AvgIpc) is 3.05. The summed E-state index contributed by atoms with van der Waals surface area (Å²) in [6.07, 6.45) is 1.56. The molecule has 0 radical (unpaired) electrons. The predicted molar refractivity (Wildman–Crippen MR) is 60.8 cm³/mol. The number of aromatic hydroxyl groups is 1. The molecule has 0 heterocycles. The van der Waals surface area contributed by atoms with Crippen molar-refractivity contribution in [1.82, 2.24) is 0 Å². The quantitative estimate of drug-likeness (QED) is 0.803. The Bertz CT molecular complexity index is 542. The normalized spacial score (nSPS) is 21.3. The zero-order valence-electron chi connectivity index (χ0n) is 9.30. The molecule has 0 saturated carbocycles. The Labute approximate surface area is 98.8 Å². The van der Waals surface area contributed by atoms with Gasteiger partial charge < -0.3 is 9.84 Å². The maximum atomic E-state index is 11.7. The van der Waals surface area contributed by atoms with Gasteiger partial charge in [0.2, 0.25) is 0 Å². The van der Waals surface area contributed by atoms with E-state index in [4.69, 9.17) is 10.00 Å². The highest BCUT2D eigenvalue weighted by molar-refractivity contribution is 6.09. The molecule has 4 nitrogen and oxygen atoms in total. The smallest absolute Gasteiger partial charge is 0.335 e. The van der Waals surface area contributed by atoms with Gasteiger partial charge in [0.25, 0.3) is 0 Å². The minimum atomic E-state index is -1.26. The molecule has 0 saturated heterocycles. The SMILES string of the molecule is CCOC(=O)[C@]1(C#N)C=C1c1cccc(O)c1. The minimum absolute atomic E-state index is 0.103. The van der Waals surface area contributed by atoms with E-state index in [0.29, 0.717) is 11.1 Å². The van der Waals surface area contributed by atoms with Crippen LogP contribution in [0.2, 0.25) is 0 Å². The van der Waals surface area contributed by atoms with Gasteiger partial charge in [-0.2, -0.15) is 5.26 Å². The number of carbonyl (C=O) groups is 1. The van der Waals surface area contributed by atoms with Gasteiger partial charge >= 0.3 is 5.97 Å². The van der Waals surface area contributed by atoms with Crippen LogP contribution in [0.3, 0.4) is 0 Å². The summed E-state index contributed by atoms with van der Waals surface area (Å²) >= 11 is 0. The first-order chi connectivity index (χ1) is 8.14. The Morgan fingerprint density at radius 2 is 2.35 bits per heavy atom. The van der Waals surface area contributed by atoms with Crippen LogP contribution in [-0.4, -0.2) is 17.7 Å². The first kappa shape index (κ1) is 11.2. The summed E-state index contributed by atoms with van der Waals surface area (Å²) in [6.45, 7) is 1.93. The molecule has 4 heteroatoms. The van der Waals surface area contributed by atoms with E-state index >= 15 is 0 Å². The lowest BCUT2D eigenvalue weighted by molar-refractivity contribution is -0.146. The van der Waals surface area contributed by atoms with E-state index in [0.717, 1.165) is 0 Å². The Balaban J connectivity index is 2.25. The maximum Gasteiger partial charge on any atom is 0.335 e. The lowest BCUT2D eigenvalue weighted by Gasteiger charge is -2.08. The Morgan fingerprint density at radius 1 is 1.59 bits per heavy atom. The second kappa shape index (κ2) is 3.95. The Kier molecular flexibility index (Phi) is 2.60. The third-order valence-electron chi connectivity index (χ3n) is 2.63. The fourth-order valence-corrected chi connectivity index (χ4v) is 1.72. The maximum absolute atomic E-state index is 11.7. The van der Waals surface area contributed by atoms with E-state index in [1.807, 2.05) is 6.07 Å². The number of phenolic OH excluding ortho intramolecular Hbond substituents is 1. The van der Waals surface area contributed by atoms with E-state index in [-0.39, 0.29) is 12.4 Å². The molecule has 0 fully saturated rings. The summed E-state index contributed by atoms with van der Waals surface area (Å²) in [6, 6.07) is 8.41. The number of hydrogen-bond donors (Lipinski definition) is 1. The third-order valence-corrected chi connectivity index (χ3v) is 2.63. The van der Waals surface area contributed by atoms with Crippen molar-refractivity contribution >= 4 is 11.5 Å². The first-order valence-electron chi connectivity index (χ1n) is 5.25. The summed E-state index contributed by atoms with van der Waals surface area (Å²) in [5, 5.41) is 18.4. The van der Waals surface area contributed by atoms with Gasteiger partial charge in [-0.05, 0) is 36.3 Å². The monoisotopic (exact) mass is 229 g/mol. The number of ether oxygens (including phenoxy) is 1. The summed E-state index contributed by atoms with van der Waals surface area (Å²) in [7, 11) is 0. The van der Waals surface area contributed by atoms with Crippen LogP contribution in [0.5, 0.6) is 5.75 Å². The van der Waals surface area contributed by atoms with Gasteiger partial charge in [0, 0.05) is 0 Å². The lowest BCUT2D eigenvalue weighted by atomic mass is 9.98. The van der Waals surface area contributed by atoms with Crippen molar-refractivity contribution < 1.29 is 14.6 Å². The largest absolute Gasteiger partial charge is 0.508 e. The first-order valence-corrected chi connectivity index (χ1v) is 5.25. The minimum Gasteiger partial charge on any atom is -0.508 e. The molecule has 0 amide bonds. The van der Waals surface area contributed by atoms with Crippen LogP contribution in [0, 0.1) is 16.7 Å². The molecule has 0 aliphatic heterocycles. The molecule has 1 N–H and O–H groups in total. The standard InChI is InChI=1S/C13H11NO3/c1-2-17-12(16)13(8-14)7-11(13)9-4-3-5-10(15)6-9/h3-7,15H,2H2,1H3/t13-/m0/s1. The van der Waals surface area contributed by atoms with Crippen LogP contribution in [0.25, 0.3) is 5.57 Å². The van der Waals surface area contributed by atoms with Gasteiger partial charge in [0.15, 0.2) is 5.41 Å². The summed E-state index contributed by atoms with van der Waals surface area (Å²) < 4.78 is 4.87. The molecule has 1 atom stereocenters. The molecular formula is C13H11NO3. The van der Waals surface area contributed by atoms with Crippen molar-refractivity contribution in [2.75, 3.05) is 6.61 Å². The zero-order valence-corrected chi connectivity index (χ0v) is 9.30. The van der Waals surface area contributed by atoms with E-state index in [1.165, 1.54) is 12.1 Å². The molecule has 86 valence electrons. The van der Waals surface area contributed by atoms with E-state index < -0.39 is 11.4 Å². The van der Waals surface area contributed by atoms with Crippen molar-refractivity contribution in [3.8, 4) is 11.8 Å². The van der Waals surface area contributed by atoms with Gasteiger partial charge in [-0.25, -0.2) is 4.79 Å². The van der Waals surface area contributed by atoms with E-state index in [2.05, 4.69) is 0 Å². The van der Waals surface area contributed by atoms with Crippen LogP contribution >= 0.6 is 0 Å². The van der Waals surface area contributed by atoms with E-state index in [1.54, 1.807) is 25.1 Å². The second-order valence-corrected chi connectivity index (χ2v) is 3.75. The van der Waals surface area contributed by atoms with Gasteiger partial charge in [-0.3, -0.25) is 0 Å². The van der Waals surface area contributed by atoms with Crippen LogP contribution in [0.15, 0.2) is 30.3 Å². The van der Waals surface area contributed by atoms with Crippen molar-refractivity contribution in [1.29, 1.82) is 5.26 Å².